The zero-order valence-corrected chi connectivity index (χ0v) is 11.7. The molecule has 0 spiro atoms. The lowest BCUT2D eigenvalue weighted by Gasteiger charge is -2.12. The van der Waals surface area contributed by atoms with E-state index in [1.165, 1.54) is 10.8 Å². The van der Waals surface area contributed by atoms with Gasteiger partial charge in [-0.05, 0) is 13.3 Å². The SMILES string of the molecule is Cc1nc(S(=O)(=O)N[C@@H](CCC(=O)O)C(=O)O)cn1C. The predicted octanol–water partition coefficient (Wildman–Crippen LogP) is -0.675. The average molecular weight is 305 g/mol. The van der Waals surface area contributed by atoms with Crippen LogP contribution in [0.2, 0.25) is 0 Å². The van der Waals surface area contributed by atoms with Crippen LogP contribution in [0.4, 0.5) is 0 Å². The highest BCUT2D eigenvalue weighted by molar-refractivity contribution is 7.89. The number of carbonyl (C=O) groups is 2. The normalized spacial score (nSPS) is 13.1. The summed E-state index contributed by atoms with van der Waals surface area (Å²) < 4.78 is 27.3. The molecule has 0 unspecified atom stereocenters. The lowest BCUT2D eigenvalue weighted by atomic mass is 10.2. The Kier molecular flexibility index (Phi) is 4.84. The molecule has 0 saturated heterocycles. The maximum atomic E-state index is 12.0. The number of nitrogens with zero attached hydrogens (tertiary/aromatic N) is 2. The molecular weight excluding hydrogens is 290 g/mol. The first kappa shape index (κ1) is 16.1. The lowest BCUT2D eigenvalue weighted by Crippen LogP contribution is -2.41. The molecule has 0 aromatic carbocycles. The van der Waals surface area contributed by atoms with Crippen molar-refractivity contribution in [2.24, 2.45) is 7.05 Å². The van der Waals surface area contributed by atoms with Crippen molar-refractivity contribution in [1.29, 1.82) is 0 Å². The van der Waals surface area contributed by atoms with Crippen molar-refractivity contribution >= 4 is 22.0 Å². The number of rotatable bonds is 7. The summed E-state index contributed by atoms with van der Waals surface area (Å²) >= 11 is 0. The monoisotopic (exact) mass is 305 g/mol. The molecule has 1 heterocycles. The van der Waals surface area contributed by atoms with Gasteiger partial charge in [-0.15, -0.1) is 0 Å². The molecular formula is C10H15N3O6S. The van der Waals surface area contributed by atoms with E-state index in [0.717, 1.165) is 0 Å². The molecule has 3 N–H and O–H groups in total. The summed E-state index contributed by atoms with van der Waals surface area (Å²) in [7, 11) is -2.51. The Morgan fingerprint density at radius 3 is 2.45 bits per heavy atom. The van der Waals surface area contributed by atoms with Crippen LogP contribution in [0.5, 0.6) is 0 Å². The Hall–Kier alpha value is -1.94. The van der Waals surface area contributed by atoms with Gasteiger partial charge in [-0.3, -0.25) is 9.59 Å². The molecule has 0 aliphatic heterocycles. The van der Waals surface area contributed by atoms with Gasteiger partial charge < -0.3 is 14.8 Å². The van der Waals surface area contributed by atoms with Gasteiger partial charge in [0.15, 0.2) is 5.03 Å². The summed E-state index contributed by atoms with van der Waals surface area (Å²) in [6.07, 6.45) is 0.435. The van der Waals surface area contributed by atoms with Crippen molar-refractivity contribution in [2.75, 3.05) is 0 Å². The zero-order chi connectivity index (χ0) is 15.5. The smallest absolute Gasteiger partial charge is 0.321 e. The van der Waals surface area contributed by atoms with Crippen LogP contribution in [0, 0.1) is 6.92 Å². The summed E-state index contributed by atoms with van der Waals surface area (Å²) in [6.45, 7) is 1.60. The van der Waals surface area contributed by atoms with Crippen molar-refractivity contribution < 1.29 is 28.2 Å². The van der Waals surface area contributed by atoms with Gasteiger partial charge in [-0.25, -0.2) is 13.4 Å². The maximum Gasteiger partial charge on any atom is 0.321 e. The number of hydrogen-bond donors (Lipinski definition) is 3. The third kappa shape index (κ3) is 4.03. The Balaban J connectivity index is 2.91. The first-order chi connectivity index (χ1) is 9.13. The fraction of sp³-hybridized carbons (Fsp3) is 0.500. The number of aliphatic carboxylic acids is 2. The minimum Gasteiger partial charge on any atom is -0.481 e. The minimum atomic E-state index is -4.11. The Bertz CT molecular complexity index is 601. The van der Waals surface area contributed by atoms with Crippen LogP contribution in [-0.2, 0) is 26.7 Å². The predicted molar refractivity (Wildman–Crippen MR) is 66.6 cm³/mol. The second kappa shape index (κ2) is 6.01. The van der Waals surface area contributed by atoms with E-state index in [1.54, 1.807) is 14.0 Å². The number of aromatic nitrogens is 2. The Morgan fingerprint density at radius 2 is 2.05 bits per heavy atom. The molecule has 9 nitrogen and oxygen atoms in total. The Labute approximate surface area is 115 Å². The van der Waals surface area contributed by atoms with Crippen LogP contribution < -0.4 is 4.72 Å². The lowest BCUT2D eigenvalue weighted by molar-refractivity contribution is -0.140. The fourth-order valence-corrected chi connectivity index (χ4v) is 2.67. The molecule has 1 aromatic heterocycles. The third-order valence-corrected chi connectivity index (χ3v) is 3.95. The highest BCUT2D eigenvalue weighted by Gasteiger charge is 2.27. The first-order valence-corrected chi connectivity index (χ1v) is 7.08. The van der Waals surface area contributed by atoms with Gasteiger partial charge >= 0.3 is 11.9 Å². The number of sulfonamides is 1. The summed E-state index contributed by atoms with van der Waals surface area (Å²) in [4.78, 5) is 25.2. The second-order valence-electron chi connectivity index (χ2n) is 4.18. The van der Waals surface area contributed by atoms with E-state index in [4.69, 9.17) is 10.2 Å². The van der Waals surface area contributed by atoms with E-state index in [0.29, 0.717) is 5.82 Å². The van der Waals surface area contributed by atoms with E-state index >= 15 is 0 Å². The van der Waals surface area contributed by atoms with Gasteiger partial charge in [-0.2, -0.15) is 4.72 Å². The molecule has 1 aromatic rings. The van der Waals surface area contributed by atoms with E-state index in [1.807, 2.05) is 4.72 Å². The molecule has 0 aliphatic rings. The molecule has 0 amide bonds. The molecule has 1 atom stereocenters. The van der Waals surface area contributed by atoms with Gasteiger partial charge in [0.25, 0.3) is 10.0 Å². The van der Waals surface area contributed by atoms with Crippen LogP contribution in [-0.4, -0.2) is 46.2 Å². The van der Waals surface area contributed by atoms with Gasteiger partial charge in [0.05, 0.1) is 0 Å². The summed E-state index contributed by atoms with van der Waals surface area (Å²) in [5.41, 5.74) is 0. The quantitative estimate of drug-likeness (QED) is 0.606. The van der Waals surface area contributed by atoms with E-state index < -0.39 is 34.4 Å². The molecule has 0 radical (unpaired) electrons. The molecule has 0 saturated carbocycles. The van der Waals surface area contributed by atoms with Gasteiger partial charge in [0.2, 0.25) is 0 Å². The highest BCUT2D eigenvalue weighted by Crippen LogP contribution is 2.10. The van der Waals surface area contributed by atoms with Gasteiger partial charge in [-0.1, -0.05) is 0 Å². The summed E-state index contributed by atoms with van der Waals surface area (Å²) in [5, 5.41) is 17.1. The Morgan fingerprint density at radius 1 is 1.45 bits per heavy atom. The van der Waals surface area contributed by atoms with Crippen molar-refractivity contribution in [3.8, 4) is 0 Å². The molecule has 0 fully saturated rings. The minimum absolute atomic E-state index is 0.306. The first-order valence-electron chi connectivity index (χ1n) is 5.60. The van der Waals surface area contributed by atoms with Crippen molar-refractivity contribution in [3.05, 3.63) is 12.0 Å². The van der Waals surface area contributed by atoms with Crippen LogP contribution in [0.15, 0.2) is 11.2 Å². The number of aryl methyl sites for hydroxylation is 2. The van der Waals surface area contributed by atoms with Gasteiger partial charge in [0, 0.05) is 19.7 Å². The number of imidazole rings is 1. The summed E-state index contributed by atoms with van der Waals surface area (Å²) in [5.74, 6) is -2.20. The largest absolute Gasteiger partial charge is 0.481 e. The number of hydrogen-bond acceptors (Lipinski definition) is 5. The fourth-order valence-electron chi connectivity index (χ4n) is 1.40. The highest BCUT2D eigenvalue weighted by atomic mass is 32.2. The molecule has 20 heavy (non-hydrogen) atoms. The van der Waals surface area contributed by atoms with Crippen molar-refractivity contribution in [2.45, 2.75) is 30.8 Å². The topological polar surface area (TPSA) is 139 Å². The standard InChI is InChI=1S/C10H15N3O6S/c1-6-11-8(5-13(6)2)20(18,19)12-7(10(16)17)3-4-9(14)15/h5,7,12H,3-4H2,1-2H3,(H,14,15)(H,16,17)/t7-/m0/s1. The van der Waals surface area contributed by atoms with E-state index in [9.17, 15) is 18.0 Å². The van der Waals surface area contributed by atoms with Crippen LogP contribution in [0.3, 0.4) is 0 Å². The molecule has 10 heteroatoms. The third-order valence-electron chi connectivity index (χ3n) is 2.60. The molecule has 112 valence electrons. The van der Waals surface area contributed by atoms with Crippen LogP contribution >= 0.6 is 0 Å². The zero-order valence-electron chi connectivity index (χ0n) is 10.9. The average Bonchev–Trinajstić information content (AvgIpc) is 2.65. The van der Waals surface area contributed by atoms with E-state index in [2.05, 4.69) is 4.98 Å². The van der Waals surface area contributed by atoms with Crippen LogP contribution in [0.25, 0.3) is 0 Å². The van der Waals surface area contributed by atoms with Crippen molar-refractivity contribution in [3.63, 3.8) is 0 Å². The second-order valence-corrected chi connectivity index (χ2v) is 5.84. The van der Waals surface area contributed by atoms with Gasteiger partial charge in [0.1, 0.15) is 11.9 Å². The summed E-state index contributed by atoms with van der Waals surface area (Å²) in [6, 6.07) is -1.52. The molecule has 1 rings (SSSR count). The van der Waals surface area contributed by atoms with Crippen LogP contribution in [0.1, 0.15) is 18.7 Å². The molecule has 0 bridgehead atoms. The number of carboxylic acid groups (broad SMARTS) is 2. The maximum absolute atomic E-state index is 12.0. The number of nitrogens with one attached hydrogen (secondary N) is 1. The molecule has 0 aliphatic carbocycles. The number of carboxylic acids is 2. The van der Waals surface area contributed by atoms with E-state index in [-0.39, 0.29) is 11.4 Å². The van der Waals surface area contributed by atoms with Crippen molar-refractivity contribution in [1.82, 2.24) is 14.3 Å².